The molecule has 6 heteroatoms. The van der Waals surface area contributed by atoms with Crippen molar-refractivity contribution in [3.05, 3.63) is 63.8 Å². The smallest absolute Gasteiger partial charge is 0.263 e. The quantitative estimate of drug-likeness (QED) is 0.736. The molecule has 140 valence electrons. The van der Waals surface area contributed by atoms with E-state index >= 15 is 0 Å². The van der Waals surface area contributed by atoms with E-state index in [1.165, 1.54) is 24.3 Å². The molecular weight excluding hydrogens is 335 g/mol. The average molecular weight is 360 g/mol. The number of nitrogens with one attached hydrogen (secondary N) is 1. The Bertz CT molecular complexity index is 798. The van der Waals surface area contributed by atoms with Crippen LogP contribution in [-0.2, 0) is 6.54 Å². The van der Waals surface area contributed by atoms with E-state index in [1.807, 2.05) is 0 Å². The molecule has 26 heavy (non-hydrogen) atoms. The monoisotopic (exact) mass is 360 g/mol. The topological polar surface area (TPSA) is 60.3 Å². The van der Waals surface area contributed by atoms with Gasteiger partial charge in [-0.15, -0.1) is 0 Å². The lowest BCUT2D eigenvalue weighted by Gasteiger charge is -2.12. The lowest BCUT2D eigenvalue weighted by atomic mass is 10.1. The van der Waals surface area contributed by atoms with Gasteiger partial charge in [-0.25, -0.2) is 4.39 Å². The number of amides is 1. The predicted molar refractivity (Wildman–Crippen MR) is 99.1 cm³/mol. The van der Waals surface area contributed by atoms with Crippen LogP contribution in [0.15, 0.2) is 41.3 Å². The molecule has 2 aromatic rings. The minimum atomic E-state index is -0.408. The van der Waals surface area contributed by atoms with Gasteiger partial charge in [0.05, 0.1) is 6.54 Å². The van der Waals surface area contributed by atoms with Crippen molar-refractivity contribution in [3.63, 3.8) is 0 Å². The Morgan fingerprint density at radius 2 is 1.92 bits per heavy atom. The minimum absolute atomic E-state index is 0.165. The molecule has 0 atom stereocenters. The zero-order valence-corrected chi connectivity index (χ0v) is 15.4. The Balaban J connectivity index is 1.94. The van der Waals surface area contributed by atoms with Crippen molar-refractivity contribution in [2.24, 2.45) is 5.92 Å². The third-order valence-corrected chi connectivity index (χ3v) is 4.02. The number of aryl methyl sites for hydroxylation is 2. The Hall–Kier alpha value is -2.63. The first-order valence-electron chi connectivity index (χ1n) is 8.75. The van der Waals surface area contributed by atoms with Crippen LogP contribution in [0, 0.1) is 18.7 Å². The average Bonchev–Trinajstić information content (AvgIpc) is 2.59. The normalized spacial score (nSPS) is 10.8. The summed E-state index contributed by atoms with van der Waals surface area (Å²) in [5, 5.41) is 2.70. The minimum Gasteiger partial charge on any atom is -0.492 e. The van der Waals surface area contributed by atoms with Crippen LogP contribution < -0.4 is 15.6 Å². The number of hydrogen-bond acceptors (Lipinski definition) is 3. The van der Waals surface area contributed by atoms with Crippen LogP contribution in [0.5, 0.6) is 5.75 Å². The maximum atomic E-state index is 12.8. The number of rotatable bonds is 8. The van der Waals surface area contributed by atoms with Gasteiger partial charge in [-0.05, 0) is 55.2 Å². The first-order valence-corrected chi connectivity index (χ1v) is 8.75. The van der Waals surface area contributed by atoms with Gasteiger partial charge in [-0.2, -0.15) is 0 Å². The van der Waals surface area contributed by atoms with Crippen molar-refractivity contribution >= 4 is 5.91 Å². The van der Waals surface area contributed by atoms with Gasteiger partial charge < -0.3 is 14.6 Å². The number of ether oxygens (including phenoxy) is 1. The Morgan fingerprint density at radius 3 is 2.58 bits per heavy atom. The zero-order valence-electron chi connectivity index (χ0n) is 15.4. The molecule has 0 aliphatic carbocycles. The van der Waals surface area contributed by atoms with E-state index in [9.17, 15) is 14.0 Å². The van der Waals surface area contributed by atoms with Crippen molar-refractivity contribution < 1.29 is 13.9 Å². The van der Waals surface area contributed by atoms with Crippen LogP contribution >= 0.6 is 0 Å². The summed E-state index contributed by atoms with van der Waals surface area (Å²) < 4.78 is 19.8. The summed E-state index contributed by atoms with van der Waals surface area (Å²) in [5.74, 6) is 0.254. The van der Waals surface area contributed by atoms with Crippen LogP contribution in [0.3, 0.4) is 0 Å². The van der Waals surface area contributed by atoms with Gasteiger partial charge in [0.2, 0.25) is 0 Å². The van der Waals surface area contributed by atoms with E-state index in [-0.39, 0.29) is 30.1 Å². The SMILES string of the molecule is Cc1ccn(CCC(C)C)c(=O)c1C(=O)NCCOc1ccc(F)cc1. The molecule has 0 fully saturated rings. The number of carbonyl (C=O) groups excluding carboxylic acids is 1. The zero-order chi connectivity index (χ0) is 19.1. The van der Waals surface area contributed by atoms with Crippen molar-refractivity contribution in [1.29, 1.82) is 0 Å². The molecule has 1 aromatic heterocycles. The Labute approximate surface area is 152 Å². The molecule has 1 aromatic carbocycles. The van der Waals surface area contributed by atoms with Gasteiger partial charge in [0, 0.05) is 12.7 Å². The number of halogens is 1. The van der Waals surface area contributed by atoms with E-state index in [1.54, 1.807) is 23.8 Å². The largest absolute Gasteiger partial charge is 0.492 e. The Morgan fingerprint density at radius 1 is 1.23 bits per heavy atom. The molecule has 0 bridgehead atoms. The molecule has 2 rings (SSSR count). The number of hydrogen-bond donors (Lipinski definition) is 1. The highest BCUT2D eigenvalue weighted by molar-refractivity contribution is 5.95. The van der Waals surface area contributed by atoms with Crippen molar-refractivity contribution in [3.8, 4) is 5.75 Å². The fourth-order valence-corrected chi connectivity index (χ4v) is 2.47. The molecule has 5 nitrogen and oxygen atoms in total. The fraction of sp³-hybridized carbons (Fsp3) is 0.400. The van der Waals surface area contributed by atoms with E-state index in [4.69, 9.17) is 4.74 Å². The highest BCUT2D eigenvalue weighted by Gasteiger charge is 2.15. The number of nitrogens with zero attached hydrogens (tertiary/aromatic N) is 1. The molecule has 0 spiro atoms. The molecule has 1 heterocycles. The molecule has 0 unspecified atom stereocenters. The second-order valence-electron chi connectivity index (χ2n) is 6.61. The molecule has 0 saturated carbocycles. The van der Waals surface area contributed by atoms with Gasteiger partial charge >= 0.3 is 0 Å². The van der Waals surface area contributed by atoms with Crippen LogP contribution in [0.1, 0.15) is 36.2 Å². The van der Waals surface area contributed by atoms with Crippen molar-refractivity contribution in [2.45, 2.75) is 33.7 Å². The first kappa shape index (κ1) is 19.7. The first-order chi connectivity index (χ1) is 12.4. The van der Waals surface area contributed by atoms with E-state index in [2.05, 4.69) is 19.2 Å². The van der Waals surface area contributed by atoms with Gasteiger partial charge in [0.25, 0.3) is 11.5 Å². The molecule has 0 aliphatic rings. The van der Waals surface area contributed by atoms with Gasteiger partial charge in [-0.1, -0.05) is 13.8 Å². The van der Waals surface area contributed by atoms with Gasteiger partial charge in [-0.3, -0.25) is 9.59 Å². The summed E-state index contributed by atoms with van der Waals surface area (Å²) in [5.41, 5.74) is 0.536. The summed E-state index contributed by atoms with van der Waals surface area (Å²) in [4.78, 5) is 25.0. The summed E-state index contributed by atoms with van der Waals surface area (Å²) in [6.45, 7) is 6.99. The molecular formula is C20H25FN2O3. The second-order valence-corrected chi connectivity index (χ2v) is 6.61. The predicted octanol–water partition coefficient (Wildman–Crippen LogP) is 3.15. The lowest BCUT2D eigenvalue weighted by molar-refractivity contribution is 0.0944. The lowest BCUT2D eigenvalue weighted by Crippen LogP contribution is -2.36. The molecule has 1 amide bonds. The maximum absolute atomic E-state index is 12.8. The number of pyridine rings is 1. The molecule has 1 N–H and O–H groups in total. The van der Waals surface area contributed by atoms with E-state index < -0.39 is 5.91 Å². The number of aromatic nitrogens is 1. The Kier molecular flexibility index (Phi) is 6.95. The van der Waals surface area contributed by atoms with E-state index in [0.29, 0.717) is 23.8 Å². The molecule has 0 aliphatic heterocycles. The highest BCUT2D eigenvalue weighted by Crippen LogP contribution is 2.10. The number of benzene rings is 1. The van der Waals surface area contributed by atoms with Gasteiger partial charge in [0.15, 0.2) is 0 Å². The third-order valence-electron chi connectivity index (χ3n) is 4.02. The molecule has 0 saturated heterocycles. The van der Waals surface area contributed by atoms with Crippen LogP contribution in [0.2, 0.25) is 0 Å². The van der Waals surface area contributed by atoms with Crippen LogP contribution in [0.25, 0.3) is 0 Å². The number of carbonyl (C=O) groups is 1. The van der Waals surface area contributed by atoms with E-state index in [0.717, 1.165) is 6.42 Å². The fourth-order valence-electron chi connectivity index (χ4n) is 2.47. The van der Waals surface area contributed by atoms with Crippen molar-refractivity contribution in [2.75, 3.05) is 13.2 Å². The summed E-state index contributed by atoms with van der Waals surface area (Å²) in [6, 6.07) is 7.44. The second kappa shape index (κ2) is 9.17. The van der Waals surface area contributed by atoms with Gasteiger partial charge in [0.1, 0.15) is 23.7 Å². The summed E-state index contributed by atoms with van der Waals surface area (Å²) in [6.07, 6.45) is 2.60. The third kappa shape index (κ3) is 5.44. The van der Waals surface area contributed by atoms with Crippen molar-refractivity contribution in [1.82, 2.24) is 9.88 Å². The summed E-state index contributed by atoms with van der Waals surface area (Å²) in [7, 11) is 0. The molecule has 0 radical (unpaired) electrons. The summed E-state index contributed by atoms with van der Waals surface area (Å²) >= 11 is 0. The maximum Gasteiger partial charge on any atom is 0.263 e. The standard InChI is InChI=1S/C20H25FN2O3/c1-14(2)8-11-23-12-9-15(3)18(20(23)25)19(24)22-10-13-26-17-6-4-16(21)5-7-17/h4-7,9,12,14H,8,10-11,13H2,1-3H3,(H,22,24). The highest BCUT2D eigenvalue weighted by atomic mass is 19.1. The van der Waals surface area contributed by atoms with Crippen LogP contribution in [0.4, 0.5) is 4.39 Å². The van der Waals surface area contributed by atoms with Crippen LogP contribution in [-0.4, -0.2) is 23.6 Å².